The summed E-state index contributed by atoms with van der Waals surface area (Å²) in [5, 5.41) is 5.64. The van der Waals surface area contributed by atoms with Crippen LogP contribution >= 0.6 is 11.3 Å². The lowest BCUT2D eigenvalue weighted by Gasteiger charge is -2.17. The Balaban J connectivity index is 2.17. The van der Waals surface area contributed by atoms with Crippen molar-refractivity contribution in [3.05, 3.63) is 28.0 Å². The van der Waals surface area contributed by atoms with Crippen LogP contribution in [0.4, 0.5) is 0 Å². The molecule has 0 radical (unpaired) electrons. The van der Waals surface area contributed by atoms with Crippen LogP contribution in [0, 0.1) is 0 Å². The van der Waals surface area contributed by atoms with Gasteiger partial charge in [-0.2, -0.15) is 0 Å². The topological polar surface area (TPSA) is 21.3 Å². The molecule has 0 bridgehead atoms. The van der Waals surface area contributed by atoms with E-state index < -0.39 is 0 Å². The van der Waals surface area contributed by atoms with Gasteiger partial charge in [0.15, 0.2) is 0 Å². The van der Waals surface area contributed by atoms with Crippen LogP contribution in [-0.2, 0) is 0 Å². The zero-order valence-corrected chi connectivity index (χ0v) is 10.8. The number of rotatable bonds is 5. The lowest BCUT2D eigenvalue weighted by atomic mass is 10.1. The van der Waals surface area contributed by atoms with Crippen LogP contribution in [0.1, 0.15) is 37.1 Å². The first-order valence-electron chi connectivity index (χ1n) is 5.90. The molecule has 0 fully saturated rings. The Morgan fingerprint density at radius 3 is 3.00 bits per heavy atom. The predicted molar refractivity (Wildman–Crippen MR) is 69.2 cm³/mol. The van der Waals surface area contributed by atoms with Crippen LogP contribution in [-0.4, -0.2) is 13.7 Å². The molecule has 1 heterocycles. The van der Waals surface area contributed by atoms with Crippen LogP contribution in [0.5, 0.6) is 5.75 Å². The van der Waals surface area contributed by atoms with E-state index in [4.69, 9.17) is 4.74 Å². The van der Waals surface area contributed by atoms with Gasteiger partial charge >= 0.3 is 0 Å². The second kappa shape index (κ2) is 5.51. The first-order valence-corrected chi connectivity index (χ1v) is 6.78. The van der Waals surface area contributed by atoms with Crippen molar-refractivity contribution in [3.63, 3.8) is 0 Å². The number of hydrogen-bond acceptors (Lipinski definition) is 3. The highest BCUT2D eigenvalue weighted by molar-refractivity contribution is 7.10. The summed E-state index contributed by atoms with van der Waals surface area (Å²) in [5.41, 5.74) is 1.55. The average molecular weight is 237 g/mol. The minimum atomic E-state index is 0.404. The van der Waals surface area contributed by atoms with Gasteiger partial charge < -0.3 is 10.1 Å². The summed E-state index contributed by atoms with van der Waals surface area (Å²) in [6, 6.07) is 2.55. The van der Waals surface area contributed by atoms with Crippen LogP contribution in [0.2, 0.25) is 0 Å². The molecule has 0 amide bonds. The van der Waals surface area contributed by atoms with Crippen molar-refractivity contribution in [3.8, 4) is 5.75 Å². The van der Waals surface area contributed by atoms with Gasteiger partial charge in [0.05, 0.1) is 13.2 Å². The van der Waals surface area contributed by atoms with Gasteiger partial charge in [0.2, 0.25) is 0 Å². The lowest BCUT2D eigenvalue weighted by Crippen LogP contribution is -2.21. The molecule has 1 aliphatic rings. The summed E-state index contributed by atoms with van der Waals surface area (Å²) in [6.45, 7) is 3.16. The van der Waals surface area contributed by atoms with Crippen LogP contribution in [0.25, 0.3) is 0 Å². The van der Waals surface area contributed by atoms with Gasteiger partial charge in [-0.3, -0.25) is 0 Å². The van der Waals surface area contributed by atoms with Gasteiger partial charge in [0.25, 0.3) is 0 Å². The molecule has 0 aromatic carbocycles. The van der Waals surface area contributed by atoms with E-state index in [0.717, 1.165) is 12.3 Å². The number of likely N-dealkylation sites (N-methyl/N-ethyl adjacent to an activating group) is 1. The highest BCUT2D eigenvalue weighted by Crippen LogP contribution is 2.35. The van der Waals surface area contributed by atoms with Gasteiger partial charge in [-0.15, -0.1) is 11.3 Å². The van der Waals surface area contributed by atoms with Crippen molar-refractivity contribution in [1.29, 1.82) is 0 Å². The summed E-state index contributed by atoms with van der Waals surface area (Å²) in [5.74, 6) is 0.974. The summed E-state index contributed by atoms with van der Waals surface area (Å²) in [7, 11) is 1.73. The third-order valence-corrected chi connectivity index (χ3v) is 3.95. The third-order valence-electron chi connectivity index (χ3n) is 2.97. The molecule has 1 unspecified atom stereocenters. The number of hydrogen-bond donors (Lipinski definition) is 1. The largest absolute Gasteiger partial charge is 0.496 e. The van der Waals surface area contributed by atoms with Crippen molar-refractivity contribution in [1.82, 2.24) is 5.32 Å². The maximum Gasteiger partial charge on any atom is 0.129 e. The zero-order valence-electron chi connectivity index (χ0n) is 9.95. The Kier molecular flexibility index (Phi) is 4.02. The van der Waals surface area contributed by atoms with E-state index in [-0.39, 0.29) is 0 Å². The number of allylic oxidation sites excluding steroid dienone is 1. The molecule has 1 aromatic heterocycles. The molecule has 88 valence electrons. The molecule has 1 aromatic rings. The predicted octanol–water partition coefficient (Wildman–Crippen LogP) is 3.52. The lowest BCUT2D eigenvalue weighted by molar-refractivity contribution is 0.416. The standard InChI is InChI=1S/C13H19NOS/c1-3-14-13(10-6-4-5-7-10)12-8-11(15-2)9-16-12/h6,8-9,13-14H,3-5,7H2,1-2H3. The molecule has 16 heavy (non-hydrogen) atoms. The first kappa shape index (κ1) is 11.7. The molecule has 1 atom stereocenters. The number of nitrogens with one attached hydrogen (secondary N) is 1. The third kappa shape index (κ3) is 2.47. The summed E-state index contributed by atoms with van der Waals surface area (Å²) in [6.07, 6.45) is 6.16. The number of ether oxygens (including phenoxy) is 1. The Morgan fingerprint density at radius 2 is 2.44 bits per heavy atom. The molecule has 1 aliphatic carbocycles. The monoisotopic (exact) mass is 237 g/mol. The van der Waals surface area contributed by atoms with Crippen molar-refractivity contribution in [2.24, 2.45) is 0 Å². The average Bonchev–Trinajstić information content (AvgIpc) is 2.97. The van der Waals surface area contributed by atoms with E-state index in [1.807, 2.05) is 0 Å². The zero-order chi connectivity index (χ0) is 11.4. The summed E-state index contributed by atoms with van der Waals surface area (Å²) < 4.78 is 5.25. The number of thiophene rings is 1. The minimum absolute atomic E-state index is 0.404. The highest BCUT2D eigenvalue weighted by atomic mass is 32.1. The van der Waals surface area contributed by atoms with E-state index in [0.29, 0.717) is 6.04 Å². The number of methoxy groups -OCH3 is 1. The molecule has 2 nitrogen and oxygen atoms in total. The van der Waals surface area contributed by atoms with Crippen LogP contribution in [0.15, 0.2) is 23.1 Å². The Bertz CT molecular complexity index is 370. The fraction of sp³-hybridized carbons (Fsp3) is 0.538. The Labute approximate surface area is 101 Å². The molecule has 0 saturated heterocycles. The van der Waals surface area contributed by atoms with Gasteiger partial charge in [0.1, 0.15) is 5.75 Å². The summed E-state index contributed by atoms with van der Waals surface area (Å²) >= 11 is 1.78. The van der Waals surface area contributed by atoms with E-state index in [2.05, 4.69) is 29.8 Å². The summed E-state index contributed by atoms with van der Waals surface area (Å²) in [4.78, 5) is 1.37. The van der Waals surface area contributed by atoms with Crippen LogP contribution in [0.3, 0.4) is 0 Å². The molecule has 2 rings (SSSR count). The minimum Gasteiger partial charge on any atom is -0.496 e. The van der Waals surface area contributed by atoms with Gasteiger partial charge in [-0.25, -0.2) is 0 Å². The maximum absolute atomic E-state index is 5.25. The van der Waals surface area contributed by atoms with Gasteiger partial charge in [0, 0.05) is 10.3 Å². The van der Waals surface area contributed by atoms with Crippen LogP contribution < -0.4 is 10.1 Å². The highest BCUT2D eigenvalue weighted by Gasteiger charge is 2.19. The normalized spacial score (nSPS) is 17.2. The van der Waals surface area contributed by atoms with E-state index in [9.17, 15) is 0 Å². The fourth-order valence-electron chi connectivity index (χ4n) is 2.17. The second-order valence-corrected chi connectivity index (χ2v) is 4.99. The molecular weight excluding hydrogens is 218 g/mol. The van der Waals surface area contributed by atoms with Crippen molar-refractivity contribution in [2.75, 3.05) is 13.7 Å². The van der Waals surface area contributed by atoms with Crippen molar-refractivity contribution in [2.45, 2.75) is 32.2 Å². The first-order chi connectivity index (χ1) is 7.85. The molecule has 0 aliphatic heterocycles. The van der Waals surface area contributed by atoms with Crippen molar-refractivity contribution >= 4 is 11.3 Å². The quantitative estimate of drug-likeness (QED) is 0.791. The van der Waals surface area contributed by atoms with E-state index >= 15 is 0 Å². The van der Waals surface area contributed by atoms with E-state index in [1.165, 1.54) is 24.1 Å². The van der Waals surface area contributed by atoms with E-state index in [1.54, 1.807) is 24.0 Å². The van der Waals surface area contributed by atoms with Gasteiger partial charge in [-0.1, -0.05) is 18.6 Å². The maximum atomic E-state index is 5.25. The molecule has 0 saturated carbocycles. The Morgan fingerprint density at radius 1 is 1.56 bits per heavy atom. The smallest absolute Gasteiger partial charge is 0.129 e. The van der Waals surface area contributed by atoms with Crippen molar-refractivity contribution < 1.29 is 4.74 Å². The molecule has 1 N–H and O–H groups in total. The molecular formula is C13H19NOS. The SMILES string of the molecule is CCNC(C1=CCCC1)c1cc(OC)cs1. The second-order valence-electron chi connectivity index (χ2n) is 4.05. The van der Waals surface area contributed by atoms with Gasteiger partial charge in [-0.05, 0) is 31.9 Å². The molecule has 0 spiro atoms. The Hall–Kier alpha value is -0.800. The molecule has 3 heteroatoms. The fourth-order valence-corrected chi connectivity index (χ4v) is 3.14.